The van der Waals surface area contributed by atoms with Crippen LogP contribution in [0.3, 0.4) is 0 Å². The minimum absolute atomic E-state index is 0.0268. The van der Waals surface area contributed by atoms with Crippen LogP contribution in [-0.2, 0) is 16.6 Å². The molecule has 1 aromatic heterocycles. The molecule has 10 heteroatoms. The van der Waals surface area contributed by atoms with E-state index in [0.29, 0.717) is 22.9 Å². The average molecular weight is 447 g/mol. The largest absolute Gasteiger partial charge is 0.480 e. The maximum Gasteiger partial charge on any atom is 0.323 e. The van der Waals surface area contributed by atoms with Crippen LogP contribution in [0.15, 0.2) is 9.70 Å². The van der Waals surface area contributed by atoms with Crippen molar-refractivity contribution in [3.8, 4) is 6.07 Å². The van der Waals surface area contributed by atoms with Crippen LogP contribution in [-0.4, -0.2) is 50.4 Å². The number of amides is 1. The highest BCUT2D eigenvalue weighted by Crippen LogP contribution is 2.36. The van der Waals surface area contributed by atoms with Gasteiger partial charge in [0, 0.05) is 25.7 Å². The number of carboxylic acid groups (broad SMARTS) is 1. The molecule has 2 saturated heterocycles. The van der Waals surface area contributed by atoms with Gasteiger partial charge < -0.3 is 10.0 Å². The highest BCUT2D eigenvalue weighted by atomic mass is 32.2. The molecule has 8 nitrogen and oxygen atoms in total. The molecule has 0 aromatic carbocycles. The van der Waals surface area contributed by atoms with Crippen LogP contribution in [0.2, 0.25) is 0 Å². The zero-order valence-corrected chi connectivity index (χ0v) is 18.6. The van der Waals surface area contributed by atoms with Gasteiger partial charge in [0.25, 0.3) is 11.5 Å². The minimum atomic E-state index is -1.15. The third-order valence-corrected chi connectivity index (χ3v) is 6.87. The molecule has 3 rings (SSSR count). The van der Waals surface area contributed by atoms with E-state index in [1.54, 1.807) is 20.0 Å². The Morgan fingerprint density at radius 1 is 1.37 bits per heavy atom. The van der Waals surface area contributed by atoms with Crippen molar-refractivity contribution in [1.29, 1.82) is 5.26 Å². The first-order valence-electron chi connectivity index (χ1n) is 9.51. The van der Waals surface area contributed by atoms with Gasteiger partial charge in [-0.1, -0.05) is 30.9 Å². The number of carbonyl (C=O) groups excluding carboxylic acids is 1. The number of thiocarbonyl (C=S) groups is 1. The summed E-state index contributed by atoms with van der Waals surface area (Å²) < 4.78 is 1.63. The number of pyridine rings is 1. The maximum atomic E-state index is 12.8. The normalized spacial score (nSPS) is 18.9. The Morgan fingerprint density at radius 2 is 2.00 bits per heavy atom. The molecule has 1 aromatic rings. The molecule has 0 bridgehead atoms. The fraction of sp³-hybridized carbons (Fsp3) is 0.450. The molecule has 0 radical (unpaired) electrons. The molecule has 0 aliphatic carbocycles. The van der Waals surface area contributed by atoms with Crippen LogP contribution in [0.5, 0.6) is 0 Å². The Bertz CT molecular complexity index is 1060. The van der Waals surface area contributed by atoms with E-state index >= 15 is 0 Å². The fourth-order valence-corrected chi connectivity index (χ4v) is 4.95. The highest BCUT2D eigenvalue weighted by Gasteiger charge is 2.34. The molecule has 0 saturated carbocycles. The van der Waals surface area contributed by atoms with Gasteiger partial charge in [-0.3, -0.25) is 23.9 Å². The van der Waals surface area contributed by atoms with Crippen LogP contribution in [0.4, 0.5) is 5.82 Å². The zero-order valence-electron chi connectivity index (χ0n) is 17.0. The monoisotopic (exact) mass is 446 g/mol. The van der Waals surface area contributed by atoms with E-state index in [1.807, 2.05) is 6.07 Å². The lowest BCUT2D eigenvalue weighted by Gasteiger charge is -2.34. The molecule has 2 aliphatic heterocycles. The summed E-state index contributed by atoms with van der Waals surface area (Å²) in [7, 11) is 1.63. The quantitative estimate of drug-likeness (QED) is 0.554. The van der Waals surface area contributed by atoms with Gasteiger partial charge in [-0.2, -0.15) is 5.26 Å². The first-order chi connectivity index (χ1) is 14.1. The minimum Gasteiger partial charge on any atom is -0.480 e. The molecule has 0 unspecified atom stereocenters. The molecule has 158 valence electrons. The predicted molar refractivity (Wildman–Crippen MR) is 119 cm³/mol. The molecule has 1 N–H and O–H groups in total. The summed E-state index contributed by atoms with van der Waals surface area (Å²) in [5, 5.41) is 18.6. The van der Waals surface area contributed by atoms with Crippen molar-refractivity contribution in [2.45, 2.75) is 26.7 Å². The number of rotatable bonds is 4. The Morgan fingerprint density at radius 3 is 2.57 bits per heavy atom. The second-order valence-corrected chi connectivity index (χ2v) is 9.22. The van der Waals surface area contributed by atoms with E-state index in [2.05, 4.69) is 11.8 Å². The summed E-state index contributed by atoms with van der Waals surface area (Å²) in [6, 6.07) is 1.97. The summed E-state index contributed by atoms with van der Waals surface area (Å²) in [6.07, 6.45) is 3.59. The van der Waals surface area contributed by atoms with Gasteiger partial charge in [0.15, 0.2) is 0 Å². The summed E-state index contributed by atoms with van der Waals surface area (Å²) in [4.78, 5) is 40.0. The Balaban J connectivity index is 2.15. The number of anilines is 1. The fourth-order valence-electron chi connectivity index (χ4n) is 3.72. The standard InChI is InChI=1S/C20H22N4O4S2/c1-11-4-6-23(7-5-11)17-13(12(2)14(9-21)18(27)22(17)3)8-15-19(28)24(10-16(25)26)20(29)30-15/h8,11H,4-7,10H2,1-3H3,(H,25,26). The number of thioether (sulfide) groups is 1. The van der Waals surface area contributed by atoms with Gasteiger partial charge in [0.05, 0.1) is 4.91 Å². The number of piperidine rings is 1. The Labute approximate surface area is 183 Å². The molecule has 3 heterocycles. The Kier molecular flexibility index (Phi) is 6.33. The van der Waals surface area contributed by atoms with Gasteiger partial charge in [-0.15, -0.1) is 0 Å². The number of carbonyl (C=O) groups is 2. The number of nitrogens with zero attached hydrogens (tertiary/aromatic N) is 4. The summed E-state index contributed by atoms with van der Waals surface area (Å²) in [6.45, 7) is 4.91. The molecule has 1 amide bonds. The van der Waals surface area contributed by atoms with E-state index in [0.717, 1.165) is 42.6 Å². The topological polar surface area (TPSA) is 107 Å². The second kappa shape index (κ2) is 8.62. The number of nitriles is 1. The molecule has 2 aliphatic rings. The third kappa shape index (κ3) is 4.00. The first-order valence-corrected chi connectivity index (χ1v) is 10.7. The van der Waals surface area contributed by atoms with E-state index in [9.17, 15) is 19.6 Å². The summed E-state index contributed by atoms with van der Waals surface area (Å²) >= 11 is 6.20. The van der Waals surface area contributed by atoms with Crippen molar-refractivity contribution >= 4 is 52.1 Å². The average Bonchev–Trinajstić information content (AvgIpc) is 2.95. The van der Waals surface area contributed by atoms with Crippen LogP contribution in [0, 0.1) is 24.2 Å². The first kappa shape index (κ1) is 22.1. The van der Waals surface area contributed by atoms with Crippen LogP contribution in [0.1, 0.15) is 36.5 Å². The van der Waals surface area contributed by atoms with Crippen molar-refractivity contribution in [3.05, 3.63) is 31.9 Å². The van der Waals surface area contributed by atoms with Gasteiger partial charge in [-0.05, 0) is 37.3 Å². The molecule has 0 spiro atoms. The van der Waals surface area contributed by atoms with E-state index in [1.165, 1.54) is 4.57 Å². The van der Waals surface area contributed by atoms with Crippen molar-refractivity contribution < 1.29 is 14.7 Å². The lowest BCUT2D eigenvalue weighted by molar-refractivity contribution is -0.140. The molecule has 2 fully saturated rings. The zero-order chi connectivity index (χ0) is 22.2. The lowest BCUT2D eigenvalue weighted by atomic mass is 9.97. The van der Waals surface area contributed by atoms with Crippen molar-refractivity contribution in [3.63, 3.8) is 0 Å². The number of aromatic nitrogens is 1. The smallest absolute Gasteiger partial charge is 0.323 e. The van der Waals surface area contributed by atoms with Crippen LogP contribution in [0.25, 0.3) is 6.08 Å². The highest BCUT2D eigenvalue weighted by molar-refractivity contribution is 8.26. The SMILES string of the molecule is Cc1c(C=C2SC(=S)N(CC(=O)O)C2=O)c(N2CCC(C)CC2)n(C)c(=O)c1C#N. The van der Waals surface area contributed by atoms with Gasteiger partial charge in [0.1, 0.15) is 28.3 Å². The van der Waals surface area contributed by atoms with Crippen LogP contribution >= 0.6 is 24.0 Å². The number of carboxylic acids is 1. The Hall–Kier alpha value is -2.64. The molecule has 30 heavy (non-hydrogen) atoms. The number of aliphatic carboxylic acids is 1. The second-order valence-electron chi connectivity index (χ2n) is 7.54. The lowest BCUT2D eigenvalue weighted by Crippen LogP contribution is -2.38. The number of hydrogen-bond donors (Lipinski definition) is 1. The van der Waals surface area contributed by atoms with Crippen molar-refractivity contribution in [1.82, 2.24) is 9.47 Å². The van der Waals surface area contributed by atoms with Gasteiger partial charge >= 0.3 is 5.97 Å². The maximum absolute atomic E-state index is 12.8. The molecular formula is C20H22N4O4S2. The summed E-state index contributed by atoms with van der Waals surface area (Å²) in [5.74, 6) is -0.390. The van der Waals surface area contributed by atoms with Crippen molar-refractivity contribution in [2.75, 3.05) is 24.5 Å². The van der Waals surface area contributed by atoms with E-state index in [4.69, 9.17) is 17.3 Å². The molecular weight excluding hydrogens is 424 g/mol. The summed E-state index contributed by atoms with van der Waals surface area (Å²) in [5.41, 5.74) is 0.759. The molecule has 0 atom stereocenters. The predicted octanol–water partition coefficient (Wildman–Crippen LogP) is 2.09. The van der Waals surface area contributed by atoms with Gasteiger partial charge in [-0.25, -0.2) is 0 Å². The van der Waals surface area contributed by atoms with Gasteiger partial charge in [0.2, 0.25) is 0 Å². The van der Waals surface area contributed by atoms with E-state index in [-0.39, 0.29) is 20.3 Å². The van der Waals surface area contributed by atoms with E-state index < -0.39 is 18.4 Å². The van der Waals surface area contributed by atoms with Crippen LogP contribution < -0.4 is 10.5 Å². The third-order valence-electron chi connectivity index (χ3n) is 5.49. The van der Waals surface area contributed by atoms with Crippen molar-refractivity contribution in [2.24, 2.45) is 13.0 Å². The number of hydrogen-bond acceptors (Lipinski definition) is 7.